The van der Waals surface area contributed by atoms with E-state index in [2.05, 4.69) is 211 Å². The van der Waals surface area contributed by atoms with E-state index in [9.17, 15) is 10.2 Å². The molecule has 572 valence electrons. The average molecular weight is 1510 g/mol. The number of rotatable bonds is 27. The van der Waals surface area contributed by atoms with Crippen molar-refractivity contribution in [2.75, 3.05) is 26.4 Å². The second-order valence-corrected chi connectivity index (χ2v) is 31.5. The second kappa shape index (κ2) is 29.8. The number of aryl methyl sites for hydroxylation is 1. The number of benzene rings is 16. The summed E-state index contributed by atoms with van der Waals surface area (Å²) in [5, 5.41) is 50.5. The molecule has 0 aliphatic heterocycles. The first-order valence-electron chi connectivity index (χ1n) is 42.0. The zero-order valence-electron chi connectivity index (χ0n) is 66.0. The van der Waals surface area contributed by atoms with Crippen LogP contribution in [0.15, 0.2) is 230 Å². The highest BCUT2D eigenvalue weighted by molar-refractivity contribution is 6.39. The summed E-state index contributed by atoms with van der Waals surface area (Å²) in [6.45, 7) is 12.7. The van der Waals surface area contributed by atoms with Gasteiger partial charge in [0.25, 0.3) is 0 Å². The highest BCUT2D eigenvalue weighted by Gasteiger charge is 2.36. The Morgan fingerprint density at radius 1 is 0.235 bits per heavy atom. The van der Waals surface area contributed by atoms with Crippen LogP contribution >= 0.6 is 0 Å². The van der Waals surface area contributed by atoms with Crippen LogP contribution in [-0.2, 0) is 6.42 Å². The van der Waals surface area contributed by atoms with Crippen molar-refractivity contribution in [1.82, 2.24) is 0 Å². The summed E-state index contributed by atoms with van der Waals surface area (Å²) in [6.07, 6.45) is 16.2. The van der Waals surface area contributed by atoms with Gasteiger partial charge in [0.1, 0.15) is 11.2 Å². The Balaban J connectivity index is 0.854. The molecule has 16 aromatic carbocycles. The van der Waals surface area contributed by atoms with E-state index < -0.39 is 0 Å². The van der Waals surface area contributed by atoms with Gasteiger partial charge in [0.05, 0.1) is 26.4 Å². The number of fused-ring (bicyclic) bond motifs is 28. The van der Waals surface area contributed by atoms with Crippen molar-refractivity contribution >= 4 is 174 Å². The minimum atomic E-state index is -0.145. The van der Waals surface area contributed by atoms with Crippen LogP contribution in [0.5, 0.6) is 34.5 Å². The molecule has 20 rings (SSSR count). The normalized spacial score (nSPS) is 12.3. The van der Waals surface area contributed by atoms with Gasteiger partial charge in [-0.05, 0) is 142 Å². The van der Waals surface area contributed by atoms with Crippen molar-refractivity contribution in [2.45, 2.75) is 137 Å². The summed E-state index contributed by atoms with van der Waals surface area (Å²) in [4.78, 5) is 0. The van der Waals surface area contributed by atoms with Crippen molar-refractivity contribution in [3.05, 3.63) is 218 Å². The smallest absolute Gasteiger partial charge is 0.178 e. The Morgan fingerprint density at radius 3 is 0.896 bits per heavy atom. The molecule has 4 heterocycles. The number of ether oxygens (including phenoxy) is 4. The molecule has 0 aliphatic rings. The Morgan fingerprint density at radius 2 is 0.513 bits per heavy atom. The maximum absolute atomic E-state index is 14.0. The molecule has 0 amide bonds. The van der Waals surface area contributed by atoms with Crippen molar-refractivity contribution in [2.24, 2.45) is 0 Å². The zero-order chi connectivity index (χ0) is 77.5. The lowest BCUT2D eigenvalue weighted by molar-refractivity contribution is 0.306. The lowest BCUT2D eigenvalue weighted by Crippen LogP contribution is -2.03. The van der Waals surface area contributed by atoms with Crippen LogP contribution in [0.1, 0.15) is 136 Å². The third-order valence-electron chi connectivity index (χ3n) is 24.4. The van der Waals surface area contributed by atoms with Gasteiger partial charge in [-0.2, -0.15) is 0 Å². The topological polar surface area (TPSA) is 130 Å². The van der Waals surface area contributed by atoms with Gasteiger partial charge in [-0.25, -0.2) is 0 Å². The predicted molar refractivity (Wildman–Crippen MR) is 479 cm³/mol. The fourth-order valence-corrected chi connectivity index (χ4v) is 19.0. The largest absolute Gasteiger partial charge is 0.504 e. The van der Waals surface area contributed by atoms with E-state index in [1.165, 1.54) is 43.1 Å². The summed E-state index contributed by atoms with van der Waals surface area (Å²) in [6, 6.07) is 74.5. The standard InChI is InChI=1S/C105H92O10/c1-6-11-16-17-18-19-20-39-63-60-62-38-22-24-41-65(62)82-90-75-51-34-31-48-72(75)88(99(109-57-13-8-3)103(90)113-95(63)82)89-74-50-33-36-53-77(74)92-85-69-45-28-26-43-67(69)81(94(107)97(85)115-105(92)101(89)111-59-15-10-5)80-66-42-25-27-44-68(66)84-91-76-52-35-32-49-73(76)87(100(110-58-14-9-4)104(91)114-96(84)93(80)106)86-71-47-30-29-46-70(71)83-79-64-40-23-21-37-61(64)54-55-78(79)112-102(83)98(86)108-56-12-7-2/h21-38,40-55,60,106-107H,6-20,39,56-59H2,1-5H3. The SMILES string of the molecule is CCCCCCCCCc1cc2ccccc2c2c1oc1c(OCCCC)c(-c3c(OCCCC)c4oc5c(O)c(-c6c(O)c7oc8c(OCCCC)c(-c9c(OCCCC)c%10oc%11ccc%12ccccc%12c%11c%10c%10ccccc9%10)c9ccccc9c8c7c7ccccc67)c6ccccc6c5c4c4ccccc34)c3ccccc3c12. The van der Waals surface area contributed by atoms with Crippen LogP contribution in [-0.4, -0.2) is 36.6 Å². The zero-order valence-corrected chi connectivity index (χ0v) is 66.0. The molecule has 0 spiro atoms. The summed E-state index contributed by atoms with van der Waals surface area (Å²) >= 11 is 0. The van der Waals surface area contributed by atoms with Gasteiger partial charge in [-0.1, -0.05) is 299 Å². The van der Waals surface area contributed by atoms with Crippen molar-refractivity contribution < 1.29 is 46.8 Å². The quantitative estimate of drug-likeness (QED) is 0.0480. The minimum Gasteiger partial charge on any atom is -0.504 e. The van der Waals surface area contributed by atoms with Crippen LogP contribution in [0.4, 0.5) is 0 Å². The number of unbranched alkanes of at least 4 members (excludes halogenated alkanes) is 10. The number of hydrogen-bond acceptors (Lipinski definition) is 10. The average Bonchev–Trinajstić information content (AvgIpc) is 1.54. The monoisotopic (exact) mass is 1510 g/mol. The van der Waals surface area contributed by atoms with E-state index in [0.29, 0.717) is 104 Å². The molecular formula is C105H92O10. The molecule has 4 aromatic heterocycles. The molecule has 0 radical (unpaired) electrons. The van der Waals surface area contributed by atoms with Crippen LogP contribution in [0.3, 0.4) is 0 Å². The maximum atomic E-state index is 14.0. The summed E-state index contributed by atoms with van der Waals surface area (Å²) in [5.41, 5.74) is 9.74. The van der Waals surface area contributed by atoms with Gasteiger partial charge >= 0.3 is 0 Å². The van der Waals surface area contributed by atoms with Crippen LogP contribution in [0, 0.1) is 0 Å². The molecule has 0 bridgehead atoms. The van der Waals surface area contributed by atoms with Gasteiger partial charge in [-0.15, -0.1) is 0 Å². The van der Waals surface area contributed by atoms with Gasteiger partial charge in [0.15, 0.2) is 68.0 Å². The fraction of sp³-hybridized carbons (Fsp3) is 0.238. The van der Waals surface area contributed by atoms with E-state index in [4.69, 9.17) is 36.6 Å². The number of phenolic OH excluding ortho intramolecular Hbond substituents is 2. The van der Waals surface area contributed by atoms with Gasteiger partial charge < -0.3 is 46.8 Å². The van der Waals surface area contributed by atoms with Gasteiger partial charge in [0.2, 0.25) is 0 Å². The molecular weight excluding hydrogens is 1420 g/mol. The number of furan rings is 4. The molecule has 0 aliphatic carbocycles. The third kappa shape index (κ3) is 11.4. The predicted octanol–water partition coefficient (Wildman–Crippen LogP) is 30.9. The van der Waals surface area contributed by atoms with E-state index in [1.807, 2.05) is 36.4 Å². The number of aromatic hydroxyl groups is 2. The molecule has 20 aromatic rings. The molecule has 10 nitrogen and oxygen atoms in total. The van der Waals surface area contributed by atoms with Crippen molar-refractivity contribution in [3.63, 3.8) is 0 Å². The first-order chi connectivity index (χ1) is 56.8. The molecule has 0 unspecified atom stereocenters. The van der Waals surface area contributed by atoms with E-state index >= 15 is 0 Å². The van der Waals surface area contributed by atoms with Crippen molar-refractivity contribution in [1.29, 1.82) is 0 Å². The van der Waals surface area contributed by atoms with E-state index in [1.54, 1.807) is 0 Å². The second-order valence-electron chi connectivity index (χ2n) is 31.5. The van der Waals surface area contributed by atoms with Crippen LogP contribution in [0.2, 0.25) is 0 Å². The minimum absolute atomic E-state index is 0.143. The lowest BCUT2D eigenvalue weighted by atomic mass is 9.86. The first-order valence-corrected chi connectivity index (χ1v) is 42.0. The number of phenols is 2. The molecule has 2 N–H and O–H groups in total. The summed E-state index contributed by atoms with van der Waals surface area (Å²) < 4.78 is 59.4. The highest BCUT2D eigenvalue weighted by atomic mass is 16.5. The molecule has 0 saturated heterocycles. The highest BCUT2D eigenvalue weighted by Crippen LogP contribution is 2.62. The molecule has 0 atom stereocenters. The Hall–Kier alpha value is -12.4. The number of hydrogen-bond donors (Lipinski definition) is 2. The molecule has 0 saturated carbocycles. The fourth-order valence-electron chi connectivity index (χ4n) is 19.0. The van der Waals surface area contributed by atoms with Crippen LogP contribution < -0.4 is 18.9 Å². The summed E-state index contributed by atoms with van der Waals surface area (Å²) in [5.74, 6) is 2.05. The third-order valence-corrected chi connectivity index (χ3v) is 24.4. The van der Waals surface area contributed by atoms with Gasteiger partial charge in [0, 0.05) is 76.5 Å². The van der Waals surface area contributed by atoms with E-state index in [-0.39, 0.29) is 22.7 Å². The molecule has 0 fully saturated rings. The maximum Gasteiger partial charge on any atom is 0.178 e. The molecule has 10 heteroatoms. The Kier molecular flexibility index (Phi) is 18.6. The first kappa shape index (κ1) is 71.6. The summed E-state index contributed by atoms with van der Waals surface area (Å²) in [7, 11) is 0. The molecule has 115 heavy (non-hydrogen) atoms. The van der Waals surface area contributed by atoms with Crippen LogP contribution in [0.25, 0.3) is 207 Å². The Bertz CT molecular complexity index is 7280. The lowest BCUT2D eigenvalue weighted by Gasteiger charge is -2.21. The van der Waals surface area contributed by atoms with E-state index in [0.717, 1.165) is 206 Å². The van der Waals surface area contributed by atoms with Gasteiger partial charge in [-0.3, -0.25) is 0 Å². The van der Waals surface area contributed by atoms with Crippen molar-refractivity contribution in [3.8, 4) is 67.9 Å². The Labute approximate surface area is 666 Å².